The molecule has 3 N–H and O–H groups in total. The number of ether oxygens (including phenoxy) is 1. The molecular weight excluding hydrogens is 249 g/mol. The first-order chi connectivity index (χ1) is 9.06. The number of halogens is 1. The van der Waals surface area contributed by atoms with Crippen LogP contribution in [0.4, 0.5) is 10.1 Å². The number of carboxylic acids is 1. The lowest BCUT2D eigenvalue weighted by molar-refractivity contribution is 0.0692. The lowest BCUT2D eigenvalue weighted by Crippen LogP contribution is -2.04. The number of nitrogen functional groups attached to an aromatic ring is 1. The summed E-state index contributed by atoms with van der Waals surface area (Å²) < 4.78 is 18.4. The third-order valence-corrected chi connectivity index (χ3v) is 2.52. The van der Waals surface area contributed by atoms with Crippen molar-refractivity contribution in [3.63, 3.8) is 0 Å². The lowest BCUT2D eigenvalue weighted by atomic mass is 10.2. The van der Waals surface area contributed by atoms with Crippen molar-refractivity contribution in [3.05, 3.63) is 59.4 Å². The van der Waals surface area contributed by atoms with Crippen LogP contribution in [0.15, 0.2) is 42.5 Å². The van der Waals surface area contributed by atoms with Gasteiger partial charge in [0.05, 0.1) is 0 Å². The van der Waals surface area contributed by atoms with Gasteiger partial charge in [0.1, 0.15) is 23.7 Å². The molecule has 0 aromatic heterocycles. The summed E-state index contributed by atoms with van der Waals surface area (Å²) in [7, 11) is 0. The molecule has 4 nitrogen and oxygen atoms in total. The molecule has 0 heterocycles. The molecule has 0 bridgehead atoms. The molecule has 0 aliphatic heterocycles. The number of hydrogen-bond donors (Lipinski definition) is 2. The number of rotatable bonds is 4. The van der Waals surface area contributed by atoms with Gasteiger partial charge >= 0.3 is 5.97 Å². The Morgan fingerprint density at radius 2 is 2.05 bits per heavy atom. The Kier molecular flexibility index (Phi) is 3.66. The van der Waals surface area contributed by atoms with Gasteiger partial charge in [0.15, 0.2) is 0 Å². The summed E-state index contributed by atoms with van der Waals surface area (Å²) in [5.41, 5.74) is 6.62. The fraction of sp³-hybridized carbons (Fsp3) is 0.0714. The Morgan fingerprint density at radius 3 is 2.74 bits per heavy atom. The quantitative estimate of drug-likeness (QED) is 0.830. The molecule has 0 aliphatic carbocycles. The van der Waals surface area contributed by atoms with Crippen LogP contribution >= 0.6 is 0 Å². The van der Waals surface area contributed by atoms with E-state index in [1.54, 1.807) is 12.1 Å². The Balaban J connectivity index is 2.19. The maximum absolute atomic E-state index is 13.0. The number of nitrogens with two attached hydrogens (primary N) is 1. The van der Waals surface area contributed by atoms with Gasteiger partial charge in [-0.1, -0.05) is 12.1 Å². The van der Waals surface area contributed by atoms with Crippen molar-refractivity contribution in [1.29, 1.82) is 0 Å². The molecule has 19 heavy (non-hydrogen) atoms. The maximum atomic E-state index is 13.0. The number of hydrogen-bond acceptors (Lipinski definition) is 3. The summed E-state index contributed by atoms with van der Waals surface area (Å²) in [5, 5.41) is 9.02. The van der Waals surface area contributed by atoms with Crippen molar-refractivity contribution in [1.82, 2.24) is 0 Å². The number of aromatic carboxylic acids is 1. The second-order valence-electron chi connectivity index (χ2n) is 3.98. The molecule has 0 radical (unpaired) electrons. The first-order valence-corrected chi connectivity index (χ1v) is 5.56. The van der Waals surface area contributed by atoms with Gasteiger partial charge in [-0.25, -0.2) is 9.18 Å². The van der Waals surface area contributed by atoms with E-state index in [0.29, 0.717) is 11.3 Å². The van der Waals surface area contributed by atoms with Gasteiger partial charge in [-0.3, -0.25) is 0 Å². The van der Waals surface area contributed by atoms with Crippen LogP contribution in [0.2, 0.25) is 0 Å². The van der Waals surface area contributed by atoms with E-state index in [-0.39, 0.29) is 23.7 Å². The Labute approximate surface area is 109 Å². The summed E-state index contributed by atoms with van der Waals surface area (Å²) >= 11 is 0. The zero-order valence-electron chi connectivity index (χ0n) is 9.97. The van der Waals surface area contributed by atoms with E-state index < -0.39 is 5.97 Å². The van der Waals surface area contributed by atoms with Crippen molar-refractivity contribution in [2.75, 3.05) is 5.73 Å². The minimum Gasteiger partial charge on any atom is -0.488 e. The zero-order valence-corrected chi connectivity index (χ0v) is 9.97. The first-order valence-electron chi connectivity index (χ1n) is 5.56. The van der Waals surface area contributed by atoms with Crippen LogP contribution in [0.5, 0.6) is 5.75 Å². The molecule has 0 amide bonds. The molecule has 0 unspecified atom stereocenters. The SMILES string of the molecule is Nc1ccc(C(=O)O)c(OCc2cccc(F)c2)c1. The van der Waals surface area contributed by atoms with Crippen molar-refractivity contribution in [3.8, 4) is 5.75 Å². The molecule has 5 heteroatoms. The van der Waals surface area contributed by atoms with Gasteiger partial charge in [-0.2, -0.15) is 0 Å². The van der Waals surface area contributed by atoms with E-state index in [0.717, 1.165) is 0 Å². The minimum atomic E-state index is -1.10. The van der Waals surface area contributed by atoms with Crippen molar-refractivity contribution in [2.24, 2.45) is 0 Å². The van der Waals surface area contributed by atoms with Gasteiger partial charge in [0.25, 0.3) is 0 Å². The highest BCUT2D eigenvalue weighted by atomic mass is 19.1. The highest BCUT2D eigenvalue weighted by molar-refractivity contribution is 5.91. The number of carbonyl (C=O) groups is 1. The number of benzene rings is 2. The molecule has 0 fully saturated rings. The van der Waals surface area contributed by atoms with Gasteiger partial charge in [0.2, 0.25) is 0 Å². The Hall–Kier alpha value is -2.56. The van der Waals surface area contributed by atoms with Gasteiger partial charge in [-0.15, -0.1) is 0 Å². The molecule has 0 atom stereocenters. The summed E-state index contributed by atoms with van der Waals surface area (Å²) in [4.78, 5) is 11.0. The van der Waals surface area contributed by atoms with Gasteiger partial charge in [-0.05, 0) is 29.8 Å². The Morgan fingerprint density at radius 1 is 1.26 bits per heavy atom. The zero-order chi connectivity index (χ0) is 13.8. The predicted molar refractivity (Wildman–Crippen MR) is 68.5 cm³/mol. The van der Waals surface area contributed by atoms with Crippen LogP contribution in [-0.4, -0.2) is 11.1 Å². The molecule has 0 spiro atoms. The molecule has 0 saturated heterocycles. The highest BCUT2D eigenvalue weighted by Crippen LogP contribution is 2.23. The normalized spacial score (nSPS) is 10.2. The van der Waals surface area contributed by atoms with Crippen LogP contribution in [-0.2, 0) is 6.61 Å². The fourth-order valence-corrected chi connectivity index (χ4v) is 1.62. The van der Waals surface area contributed by atoms with Crippen molar-refractivity contribution >= 4 is 11.7 Å². The summed E-state index contributed by atoms with van der Waals surface area (Å²) in [6, 6.07) is 10.2. The van der Waals surface area contributed by atoms with Crippen LogP contribution in [0, 0.1) is 5.82 Å². The lowest BCUT2D eigenvalue weighted by Gasteiger charge is -2.10. The molecule has 2 aromatic rings. The van der Waals surface area contributed by atoms with E-state index in [1.807, 2.05) is 0 Å². The smallest absolute Gasteiger partial charge is 0.339 e. The summed E-state index contributed by atoms with van der Waals surface area (Å²) in [6.45, 7) is 0.0709. The average Bonchev–Trinajstić information content (AvgIpc) is 2.36. The topological polar surface area (TPSA) is 72.6 Å². The fourth-order valence-electron chi connectivity index (χ4n) is 1.62. The van der Waals surface area contributed by atoms with Gasteiger partial charge < -0.3 is 15.6 Å². The van der Waals surface area contributed by atoms with Crippen LogP contribution < -0.4 is 10.5 Å². The van der Waals surface area contributed by atoms with E-state index in [2.05, 4.69) is 0 Å². The third-order valence-electron chi connectivity index (χ3n) is 2.52. The van der Waals surface area contributed by atoms with E-state index in [4.69, 9.17) is 15.6 Å². The van der Waals surface area contributed by atoms with E-state index in [9.17, 15) is 9.18 Å². The first kappa shape index (κ1) is 12.9. The van der Waals surface area contributed by atoms with E-state index in [1.165, 1.54) is 30.3 Å². The molecular formula is C14H12FNO3. The van der Waals surface area contributed by atoms with Crippen molar-refractivity contribution in [2.45, 2.75) is 6.61 Å². The van der Waals surface area contributed by atoms with Gasteiger partial charge in [0, 0.05) is 11.8 Å². The summed E-state index contributed by atoms with van der Waals surface area (Å²) in [6.07, 6.45) is 0. The second kappa shape index (κ2) is 5.39. The average molecular weight is 261 g/mol. The predicted octanol–water partition coefficient (Wildman–Crippen LogP) is 2.69. The summed E-state index contributed by atoms with van der Waals surface area (Å²) in [5.74, 6) is -1.31. The molecule has 2 aromatic carbocycles. The van der Waals surface area contributed by atoms with Crippen LogP contribution in [0.25, 0.3) is 0 Å². The molecule has 2 rings (SSSR count). The monoisotopic (exact) mass is 261 g/mol. The maximum Gasteiger partial charge on any atom is 0.339 e. The van der Waals surface area contributed by atoms with Crippen LogP contribution in [0.1, 0.15) is 15.9 Å². The third kappa shape index (κ3) is 3.22. The number of carboxylic acid groups (broad SMARTS) is 1. The highest BCUT2D eigenvalue weighted by Gasteiger charge is 2.11. The largest absolute Gasteiger partial charge is 0.488 e. The minimum absolute atomic E-state index is 0.0191. The molecule has 98 valence electrons. The standard InChI is InChI=1S/C14H12FNO3/c15-10-3-1-2-9(6-10)8-19-13-7-11(16)4-5-12(13)14(17)18/h1-7H,8,16H2,(H,17,18). The van der Waals surface area contributed by atoms with E-state index >= 15 is 0 Å². The Bertz CT molecular complexity index is 613. The van der Waals surface area contributed by atoms with Crippen molar-refractivity contribution < 1.29 is 19.0 Å². The molecule has 0 aliphatic rings. The number of anilines is 1. The van der Waals surface area contributed by atoms with Crippen LogP contribution in [0.3, 0.4) is 0 Å². The second-order valence-corrected chi connectivity index (χ2v) is 3.98. The molecule has 0 saturated carbocycles.